The molecule has 4 heteroatoms. The lowest BCUT2D eigenvalue weighted by Gasteiger charge is -2.29. The van der Waals surface area contributed by atoms with E-state index in [1.165, 1.54) is 0 Å². The summed E-state index contributed by atoms with van der Waals surface area (Å²) >= 11 is 0. The van der Waals surface area contributed by atoms with Gasteiger partial charge >= 0.3 is 5.97 Å². The van der Waals surface area contributed by atoms with Gasteiger partial charge in [0.1, 0.15) is 11.3 Å². The molecule has 1 unspecified atom stereocenters. The van der Waals surface area contributed by atoms with E-state index >= 15 is 0 Å². The molecular formula is C14H17NO3. The van der Waals surface area contributed by atoms with Crippen molar-refractivity contribution in [3.05, 3.63) is 29.8 Å². The Labute approximate surface area is 107 Å². The number of hydrogen-bond acceptors (Lipinski definition) is 3. The van der Waals surface area contributed by atoms with Crippen LogP contribution in [0.15, 0.2) is 24.3 Å². The minimum absolute atomic E-state index is 0.201. The summed E-state index contributed by atoms with van der Waals surface area (Å²) in [5, 5.41) is 12.4. The second-order valence-corrected chi connectivity index (χ2v) is 3.85. The van der Waals surface area contributed by atoms with Gasteiger partial charge in [0.2, 0.25) is 0 Å². The van der Waals surface area contributed by atoms with Crippen molar-refractivity contribution in [2.45, 2.75) is 18.9 Å². The van der Waals surface area contributed by atoms with E-state index in [1.54, 1.807) is 31.4 Å². The molecule has 0 aliphatic rings. The highest BCUT2D eigenvalue weighted by Gasteiger charge is 2.37. The Morgan fingerprint density at radius 2 is 2.11 bits per heavy atom. The summed E-state index contributed by atoms with van der Waals surface area (Å²) < 4.78 is 5.06. The van der Waals surface area contributed by atoms with E-state index in [0.717, 1.165) is 0 Å². The highest BCUT2D eigenvalue weighted by Crippen LogP contribution is 2.27. The van der Waals surface area contributed by atoms with Crippen LogP contribution in [0.1, 0.15) is 18.9 Å². The maximum absolute atomic E-state index is 11.6. The molecule has 4 nitrogen and oxygen atoms in total. The molecule has 0 spiro atoms. The fourth-order valence-corrected chi connectivity index (χ4v) is 1.86. The van der Waals surface area contributed by atoms with Crippen molar-refractivity contribution in [3.8, 4) is 18.1 Å². The van der Waals surface area contributed by atoms with Gasteiger partial charge in [-0.25, -0.2) is 4.79 Å². The minimum Gasteiger partial charge on any atom is -0.497 e. The summed E-state index contributed by atoms with van der Waals surface area (Å²) in [6.07, 6.45) is 5.59. The number of aliphatic carboxylic acids is 1. The third-order valence-electron chi connectivity index (χ3n) is 2.97. The number of carbonyl (C=O) groups is 1. The molecule has 0 aliphatic carbocycles. The first-order valence-corrected chi connectivity index (χ1v) is 5.67. The Balaban J connectivity index is 3.15. The monoisotopic (exact) mass is 247 g/mol. The van der Waals surface area contributed by atoms with E-state index in [9.17, 15) is 9.90 Å². The average molecular weight is 247 g/mol. The number of hydrogen-bond donors (Lipinski definition) is 2. The van der Waals surface area contributed by atoms with Gasteiger partial charge in [-0.1, -0.05) is 25.0 Å². The number of carboxylic acids is 1. The second-order valence-electron chi connectivity index (χ2n) is 3.85. The smallest absolute Gasteiger partial charge is 0.328 e. The Morgan fingerprint density at radius 3 is 2.50 bits per heavy atom. The van der Waals surface area contributed by atoms with E-state index in [0.29, 0.717) is 17.7 Å². The first-order valence-electron chi connectivity index (χ1n) is 5.67. The van der Waals surface area contributed by atoms with Crippen molar-refractivity contribution < 1.29 is 14.6 Å². The minimum atomic E-state index is -1.15. The van der Waals surface area contributed by atoms with Crippen LogP contribution in [0.3, 0.4) is 0 Å². The van der Waals surface area contributed by atoms with Crippen LogP contribution >= 0.6 is 0 Å². The summed E-state index contributed by atoms with van der Waals surface area (Å²) in [4.78, 5) is 11.6. The molecule has 1 aromatic carbocycles. The Hall–Kier alpha value is -1.99. The molecule has 1 rings (SSSR count). The zero-order valence-electron chi connectivity index (χ0n) is 10.6. The fraction of sp³-hybridized carbons (Fsp3) is 0.357. The SMILES string of the molecule is C#CCNC(CC)(C(=O)O)c1ccc(OC)cc1. The third kappa shape index (κ3) is 2.63. The van der Waals surface area contributed by atoms with Gasteiger partial charge in [0.05, 0.1) is 13.7 Å². The molecule has 0 radical (unpaired) electrons. The molecule has 0 aliphatic heterocycles. The molecule has 1 atom stereocenters. The van der Waals surface area contributed by atoms with E-state index in [1.807, 2.05) is 6.92 Å². The van der Waals surface area contributed by atoms with Crippen molar-refractivity contribution in [2.24, 2.45) is 0 Å². The van der Waals surface area contributed by atoms with Gasteiger partial charge in [0.15, 0.2) is 0 Å². The van der Waals surface area contributed by atoms with Crippen LogP contribution in [0.2, 0.25) is 0 Å². The van der Waals surface area contributed by atoms with Crippen LogP contribution in [-0.2, 0) is 10.3 Å². The lowest BCUT2D eigenvalue weighted by Crippen LogP contribution is -2.49. The normalized spacial score (nSPS) is 13.4. The van der Waals surface area contributed by atoms with E-state index in [-0.39, 0.29) is 6.54 Å². The zero-order valence-corrected chi connectivity index (χ0v) is 10.6. The summed E-state index contributed by atoms with van der Waals surface area (Å²) in [7, 11) is 1.57. The molecular weight excluding hydrogens is 230 g/mol. The van der Waals surface area contributed by atoms with Crippen LogP contribution in [0.4, 0.5) is 0 Å². The molecule has 0 bridgehead atoms. The topological polar surface area (TPSA) is 58.6 Å². The van der Waals surface area contributed by atoms with E-state index in [4.69, 9.17) is 11.2 Å². The maximum Gasteiger partial charge on any atom is 0.328 e. The molecule has 0 amide bonds. The van der Waals surface area contributed by atoms with Crippen LogP contribution in [0, 0.1) is 12.3 Å². The summed E-state index contributed by atoms with van der Waals surface area (Å²) in [6.45, 7) is 2.01. The van der Waals surface area contributed by atoms with Crippen LogP contribution in [-0.4, -0.2) is 24.7 Å². The standard InChI is InChI=1S/C14H17NO3/c1-4-10-15-14(5-2,13(16)17)11-6-8-12(18-3)9-7-11/h1,6-9,15H,5,10H2,2-3H3,(H,16,17). The van der Waals surface area contributed by atoms with Gasteiger partial charge < -0.3 is 9.84 Å². The third-order valence-corrected chi connectivity index (χ3v) is 2.97. The molecule has 0 heterocycles. The molecule has 96 valence electrons. The van der Waals surface area contributed by atoms with Crippen molar-refractivity contribution in [2.75, 3.05) is 13.7 Å². The number of benzene rings is 1. The number of rotatable bonds is 6. The van der Waals surface area contributed by atoms with Gasteiger partial charge in [-0.05, 0) is 24.1 Å². The summed E-state index contributed by atoms with van der Waals surface area (Å²) in [5.74, 6) is 2.15. The Morgan fingerprint density at radius 1 is 1.50 bits per heavy atom. The van der Waals surface area contributed by atoms with Crippen LogP contribution < -0.4 is 10.1 Å². The van der Waals surface area contributed by atoms with Crippen molar-refractivity contribution in [1.82, 2.24) is 5.32 Å². The number of ether oxygens (including phenoxy) is 1. The fourth-order valence-electron chi connectivity index (χ4n) is 1.86. The van der Waals surface area contributed by atoms with E-state index < -0.39 is 11.5 Å². The lowest BCUT2D eigenvalue weighted by atomic mass is 9.87. The van der Waals surface area contributed by atoms with Gasteiger partial charge in [-0.2, -0.15) is 0 Å². The van der Waals surface area contributed by atoms with Gasteiger partial charge in [-0.3, -0.25) is 5.32 Å². The van der Waals surface area contributed by atoms with Crippen molar-refractivity contribution in [1.29, 1.82) is 0 Å². The molecule has 18 heavy (non-hydrogen) atoms. The van der Waals surface area contributed by atoms with Gasteiger partial charge in [0.25, 0.3) is 0 Å². The number of carboxylic acid groups (broad SMARTS) is 1. The molecule has 0 aromatic heterocycles. The van der Waals surface area contributed by atoms with E-state index in [2.05, 4.69) is 11.2 Å². The average Bonchev–Trinajstić information content (AvgIpc) is 2.40. The molecule has 0 saturated carbocycles. The van der Waals surface area contributed by atoms with Crippen molar-refractivity contribution in [3.63, 3.8) is 0 Å². The van der Waals surface area contributed by atoms with Gasteiger partial charge in [0, 0.05) is 0 Å². The number of methoxy groups -OCH3 is 1. The quantitative estimate of drug-likeness (QED) is 0.750. The summed E-state index contributed by atoms with van der Waals surface area (Å²) in [5.41, 5.74) is -0.493. The highest BCUT2D eigenvalue weighted by molar-refractivity contribution is 5.80. The predicted molar refractivity (Wildman–Crippen MR) is 69.4 cm³/mol. The zero-order chi connectivity index (χ0) is 13.6. The first-order chi connectivity index (χ1) is 8.60. The Kier molecular flexibility index (Phi) is 4.75. The molecule has 1 aromatic rings. The molecule has 2 N–H and O–H groups in total. The largest absolute Gasteiger partial charge is 0.497 e. The highest BCUT2D eigenvalue weighted by atomic mass is 16.5. The first kappa shape index (κ1) is 14.1. The maximum atomic E-state index is 11.6. The predicted octanol–water partition coefficient (Wildman–Crippen LogP) is 1.61. The molecule has 0 fully saturated rings. The van der Waals surface area contributed by atoms with Crippen LogP contribution in [0.5, 0.6) is 5.75 Å². The Bertz CT molecular complexity index is 447. The number of nitrogens with one attached hydrogen (secondary N) is 1. The lowest BCUT2D eigenvalue weighted by molar-refractivity contribution is -0.145. The van der Waals surface area contributed by atoms with Crippen LogP contribution in [0.25, 0.3) is 0 Å². The van der Waals surface area contributed by atoms with Crippen molar-refractivity contribution >= 4 is 5.97 Å². The summed E-state index contributed by atoms with van der Waals surface area (Å²) in [6, 6.07) is 6.94. The van der Waals surface area contributed by atoms with Gasteiger partial charge in [-0.15, -0.1) is 6.42 Å². The second kappa shape index (κ2) is 6.08. The molecule has 0 saturated heterocycles. The number of terminal acetylenes is 1.